The zero-order chi connectivity index (χ0) is 9.72. The summed E-state index contributed by atoms with van der Waals surface area (Å²) in [5, 5.41) is 0.806. The third-order valence-corrected chi connectivity index (χ3v) is 2.19. The van der Waals surface area contributed by atoms with Gasteiger partial charge in [-0.15, -0.1) is 0 Å². The maximum absolute atomic E-state index is 5.95. The lowest BCUT2D eigenvalue weighted by atomic mass is 10.0. The summed E-state index contributed by atoms with van der Waals surface area (Å²) in [6.07, 6.45) is 2.11. The standard InChI is InChI=1S/C10H17ClO/c1-6-7(2)10(8(3)11)9(4)12-5/h6,9H,1-5H3/b7-6+,10-8+/t9-/m1/s1. The van der Waals surface area contributed by atoms with E-state index in [2.05, 4.69) is 0 Å². The van der Waals surface area contributed by atoms with E-state index in [1.807, 2.05) is 33.8 Å². The second kappa shape index (κ2) is 5.39. The number of rotatable bonds is 3. The highest BCUT2D eigenvalue weighted by molar-refractivity contribution is 6.29. The Kier molecular flexibility index (Phi) is 5.27. The van der Waals surface area contributed by atoms with Gasteiger partial charge in [-0.05, 0) is 38.8 Å². The predicted octanol–water partition coefficient (Wildman–Crippen LogP) is 3.50. The highest BCUT2D eigenvalue weighted by Crippen LogP contribution is 2.22. The molecule has 0 spiro atoms. The summed E-state index contributed by atoms with van der Waals surface area (Å²) in [5.74, 6) is 0. The first-order valence-corrected chi connectivity index (χ1v) is 4.44. The van der Waals surface area contributed by atoms with Crippen LogP contribution in [-0.2, 0) is 4.74 Å². The van der Waals surface area contributed by atoms with Crippen LogP contribution in [0.25, 0.3) is 0 Å². The highest BCUT2D eigenvalue weighted by Gasteiger charge is 2.11. The molecule has 70 valence electrons. The fourth-order valence-corrected chi connectivity index (χ4v) is 1.45. The van der Waals surface area contributed by atoms with Crippen molar-refractivity contribution < 1.29 is 4.74 Å². The SMILES string of the molecule is C/C=C(C)/C(=C(/C)Cl)[C@@H](C)OC. The minimum Gasteiger partial charge on any atom is -0.377 e. The Hall–Kier alpha value is -0.270. The summed E-state index contributed by atoms with van der Waals surface area (Å²) in [5.41, 5.74) is 2.26. The molecule has 0 aromatic rings. The predicted molar refractivity (Wildman–Crippen MR) is 54.5 cm³/mol. The van der Waals surface area contributed by atoms with E-state index in [1.165, 1.54) is 5.57 Å². The largest absolute Gasteiger partial charge is 0.377 e. The van der Waals surface area contributed by atoms with Gasteiger partial charge >= 0.3 is 0 Å². The van der Waals surface area contributed by atoms with Gasteiger partial charge in [-0.25, -0.2) is 0 Å². The molecular weight excluding hydrogens is 172 g/mol. The van der Waals surface area contributed by atoms with E-state index in [0.29, 0.717) is 0 Å². The van der Waals surface area contributed by atoms with Crippen molar-refractivity contribution in [2.75, 3.05) is 7.11 Å². The number of halogens is 1. The normalized spacial score (nSPS) is 17.3. The van der Waals surface area contributed by atoms with Crippen molar-refractivity contribution in [1.29, 1.82) is 0 Å². The average molecular weight is 189 g/mol. The topological polar surface area (TPSA) is 9.23 Å². The van der Waals surface area contributed by atoms with E-state index in [1.54, 1.807) is 7.11 Å². The van der Waals surface area contributed by atoms with Crippen molar-refractivity contribution in [3.8, 4) is 0 Å². The quantitative estimate of drug-likeness (QED) is 0.616. The molecule has 0 heterocycles. The van der Waals surface area contributed by atoms with E-state index in [4.69, 9.17) is 16.3 Å². The Morgan fingerprint density at radius 3 is 2.17 bits per heavy atom. The summed E-state index contributed by atoms with van der Waals surface area (Å²) >= 11 is 5.95. The van der Waals surface area contributed by atoms with Gasteiger partial charge in [0.2, 0.25) is 0 Å². The summed E-state index contributed by atoms with van der Waals surface area (Å²) < 4.78 is 5.21. The highest BCUT2D eigenvalue weighted by atomic mass is 35.5. The van der Waals surface area contributed by atoms with Crippen LogP contribution in [-0.4, -0.2) is 13.2 Å². The van der Waals surface area contributed by atoms with Crippen LogP contribution in [0.2, 0.25) is 0 Å². The first-order valence-electron chi connectivity index (χ1n) is 4.06. The minimum absolute atomic E-state index is 0.0682. The Morgan fingerprint density at radius 2 is 1.92 bits per heavy atom. The molecule has 0 rings (SSSR count). The molecule has 1 atom stereocenters. The van der Waals surface area contributed by atoms with Gasteiger partial charge < -0.3 is 4.74 Å². The summed E-state index contributed by atoms with van der Waals surface area (Å²) in [7, 11) is 1.69. The van der Waals surface area contributed by atoms with Crippen molar-refractivity contribution in [3.05, 3.63) is 22.3 Å². The Bertz CT molecular complexity index is 200. The van der Waals surface area contributed by atoms with Crippen molar-refractivity contribution in [2.24, 2.45) is 0 Å². The molecule has 0 aliphatic carbocycles. The van der Waals surface area contributed by atoms with Gasteiger partial charge in [0.15, 0.2) is 0 Å². The van der Waals surface area contributed by atoms with E-state index in [0.717, 1.165) is 10.6 Å². The maximum Gasteiger partial charge on any atom is 0.0806 e. The van der Waals surface area contributed by atoms with Crippen LogP contribution < -0.4 is 0 Å². The number of allylic oxidation sites excluding steroid dienone is 2. The van der Waals surface area contributed by atoms with E-state index < -0.39 is 0 Å². The molecule has 0 aliphatic heterocycles. The summed E-state index contributed by atoms with van der Waals surface area (Å²) in [6, 6.07) is 0. The first-order chi connectivity index (χ1) is 5.54. The van der Waals surface area contributed by atoms with Gasteiger partial charge in [-0.3, -0.25) is 0 Å². The summed E-state index contributed by atoms with van der Waals surface area (Å²) in [6.45, 7) is 7.92. The molecular formula is C10H17ClO. The molecule has 1 nitrogen and oxygen atoms in total. The molecule has 0 bridgehead atoms. The van der Waals surface area contributed by atoms with Crippen LogP contribution >= 0.6 is 11.6 Å². The fourth-order valence-electron chi connectivity index (χ4n) is 1.15. The second-order valence-electron chi connectivity index (χ2n) is 2.80. The molecule has 2 heteroatoms. The molecule has 0 N–H and O–H groups in total. The van der Waals surface area contributed by atoms with Crippen molar-refractivity contribution in [3.63, 3.8) is 0 Å². The van der Waals surface area contributed by atoms with Crippen LogP contribution in [0.15, 0.2) is 22.3 Å². The van der Waals surface area contributed by atoms with Crippen molar-refractivity contribution in [1.82, 2.24) is 0 Å². The Labute approximate surface area is 80.1 Å². The average Bonchev–Trinajstić information content (AvgIpc) is 2.03. The van der Waals surface area contributed by atoms with E-state index in [9.17, 15) is 0 Å². The molecule has 0 aliphatic rings. The first kappa shape index (κ1) is 11.7. The van der Waals surface area contributed by atoms with Gasteiger partial charge in [-0.2, -0.15) is 0 Å². The number of ether oxygens (including phenoxy) is 1. The van der Waals surface area contributed by atoms with E-state index >= 15 is 0 Å². The molecule has 0 aromatic carbocycles. The van der Waals surface area contributed by atoms with Gasteiger partial charge in [0.1, 0.15) is 0 Å². The van der Waals surface area contributed by atoms with Crippen LogP contribution in [0.5, 0.6) is 0 Å². The van der Waals surface area contributed by atoms with Crippen LogP contribution in [0.3, 0.4) is 0 Å². The molecule has 12 heavy (non-hydrogen) atoms. The van der Waals surface area contributed by atoms with Gasteiger partial charge in [-0.1, -0.05) is 17.7 Å². The number of methoxy groups -OCH3 is 1. The Balaban J connectivity index is 4.83. The maximum atomic E-state index is 5.95. The zero-order valence-electron chi connectivity index (χ0n) is 8.44. The molecule has 0 aromatic heterocycles. The monoisotopic (exact) mass is 188 g/mol. The van der Waals surface area contributed by atoms with E-state index in [-0.39, 0.29) is 6.10 Å². The second-order valence-corrected chi connectivity index (χ2v) is 3.36. The van der Waals surface area contributed by atoms with Gasteiger partial charge in [0, 0.05) is 12.1 Å². The number of hydrogen-bond acceptors (Lipinski definition) is 1. The lowest BCUT2D eigenvalue weighted by molar-refractivity contribution is 0.148. The molecule has 0 fully saturated rings. The molecule has 0 saturated carbocycles. The fraction of sp³-hybridized carbons (Fsp3) is 0.600. The van der Waals surface area contributed by atoms with Crippen LogP contribution in [0, 0.1) is 0 Å². The van der Waals surface area contributed by atoms with Crippen molar-refractivity contribution in [2.45, 2.75) is 33.8 Å². The third-order valence-electron chi connectivity index (χ3n) is 1.99. The Morgan fingerprint density at radius 1 is 1.42 bits per heavy atom. The summed E-state index contributed by atoms with van der Waals surface area (Å²) in [4.78, 5) is 0. The van der Waals surface area contributed by atoms with Gasteiger partial charge in [0.25, 0.3) is 0 Å². The molecule has 0 unspecified atom stereocenters. The van der Waals surface area contributed by atoms with Gasteiger partial charge in [0.05, 0.1) is 6.10 Å². The van der Waals surface area contributed by atoms with Crippen LogP contribution in [0.1, 0.15) is 27.7 Å². The van der Waals surface area contributed by atoms with Crippen LogP contribution in [0.4, 0.5) is 0 Å². The lowest BCUT2D eigenvalue weighted by Crippen LogP contribution is -2.10. The minimum atomic E-state index is 0.0682. The van der Waals surface area contributed by atoms with Crippen molar-refractivity contribution >= 4 is 11.6 Å². The smallest absolute Gasteiger partial charge is 0.0806 e. The zero-order valence-corrected chi connectivity index (χ0v) is 9.20. The third kappa shape index (κ3) is 3.00. The molecule has 0 saturated heterocycles. The lowest BCUT2D eigenvalue weighted by Gasteiger charge is -2.16. The number of hydrogen-bond donors (Lipinski definition) is 0. The molecule has 0 radical (unpaired) electrons. The molecule has 0 amide bonds.